The molecule has 0 fully saturated rings. The fraction of sp³-hybridized carbons (Fsp3) is 0.938. The smallest absolute Gasteiger partial charge is 0.432 e. The molecule has 0 aromatic heterocycles. The molecule has 0 saturated heterocycles. The second-order valence-corrected chi connectivity index (χ2v) is 5.34. The fourth-order valence-electron chi connectivity index (χ4n) is 2.28. The molecule has 0 rings (SSSR count). The van der Waals surface area contributed by atoms with Gasteiger partial charge in [0.25, 0.3) is 0 Å². The van der Waals surface area contributed by atoms with Gasteiger partial charge in [-0.1, -0.05) is 84.0 Å². The largest absolute Gasteiger partial charge is 0.549 e. The van der Waals surface area contributed by atoms with Crippen molar-refractivity contribution in [2.24, 2.45) is 0 Å². The van der Waals surface area contributed by atoms with Crippen LogP contribution in [0, 0.1) is 0 Å². The first-order valence-corrected chi connectivity index (χ1v) is 8.11. The molecule has 0 saturated carbocycles. The van der Waals surface area contributed by atoms with Gasteiger partial charge in [-0.15, -0.1) is 0 Å². The van der Waals surface area contributed by atoms with Crippen molar-refractivity contribution in [1.29, 1.82) is 0 Å². The number of carbonyl (C=O) groups excluding carboxylic acids is 1. The molecule has 0 aromatic rings. The van der Waals surface area contributed by atoms with Gasteiger partial charge >= 0.3 is 6.16 Å². The first kappa shape index (κ1) is 18.3. The van der Waals surface area contributed by atoms with E-state index in [4.69, 9.17) is 0 Å². The minimum atomic E-state index is -1.40. The Morgan fingerprint density at radius 2 is 1.05 bits per heavy atom. The van der Waals surface area contributed by atoms with Crippen molar-refractivity contribution in [3.8, 4) is 0 Å². The van der Waals surface area contributed by atoms with E-state index in [1.165, 1.54) is 70.6 Å². The van der Waals surface area contributed by atoms with Crippen LogP contribution in [0.3, 0.4) is 0 Å². The number of rotatable bonds is 14. The number of ether oxygens (including phenoxy) is 1. The van der Waals surface area contributed by atoms with Gasteiger partial charge in [0.1, 0.15) is 0 Å². The summed E-state index contributed by atoms with van der Waals surface area (Å²) >= 11 is 0. The van der Waals surface area contributed by atoms with Gasteiger partial charge in [0, 0.05) is 0 Å². The lowest BCUT2D eigenvalue weighted by atomic mass is 10.0. The predicted molar refractivity (Wildman–Crippen MR) is 77.7 cm³/mol. The summed E-state index contributed by atoms with van der Waals surface area (Å²) in [6, 6.07) is 0. The summed E-state index contributed by atoms with van der Waals surface area (Å²) in [7, 11) is 0. The van der Waals surface area contributed by atoms with Crippen LogP contribution < -0.4 is 0 Å². The van der Waals surface area contributed by atoms with Crippen LogP contribution in [0.5, 0.6) is 0 Å². The van der Waals surface area contributed by atoms with E-state index < -0.39 is 6.16 Å². The van der Waals surface area contributed by atoms with E-state index in [0.29, 0.717) is 6.61 Å². The average Bonchev–Trinajstić information content (AvgIpc) is 2.39. The molecule has 0 N–H and O–H groups in total. The van der Waals surface area contributed by atoms with Gasteiger partial charge in [-0.2, -0.15) is 9.90 Å². The molecule has 3 nitrogen and oxygen atoms in total. The zero-order chi connectivity index (χ0) is 14.2. The minimum Gasteiger partial charge on any atom is -0.432 e. The van der Waals surface area contributed by atoms with Crippen molar-refractivity contribution in [3.05, 3.63) is 0 Å². The van der Waals surface area contributed by atoms with Crippen LogP contribution in [-0.2, 0) is 9.84 Å². The average molecular weight is 271 g/mol. The number of unbranched alkanes of at least 4 members (excludes halogenated alkanes) is 12. The Labute approximate surface area is 118 Å². The monoisotopic (exact) mass is 271 g/mol. The minimum absolute atomic E-state index is 0.292. The molecule has 0 heterocycles. The van der Waals surface area contributed by atoms with Crippen molar-refractivity contribution in [3.63, 3.8) is 0 Å². The zero-order valence-electron chi connectivity index (χ0n) is 12.6. The maximum absolute atomic E-state index is 9.98. The first-order valence-electron chi connectivity index (χ1n) is 8.11. The van der Waals surface area contributed by atoms with Crippen molar-refractivity contribution in [2.45, 2.75) is 90.4 Å². The lowest BCUT2D eigenvalue weighted by Gasteiger charge is -2.03. The SMILES string of the molecule is CCCCCCCCCCCCCCCOC([O])=O. The second kappa shape index (κ2) is 15.3. The normalized spacial score (nSPS) is 10.6. The molecule has 19 heavy (non-hydrogen) atoms. The Hall–Kier alpha value is -0.730. The Balaban J connectivity index is 2.93. The van der Waals surface area contributed by atoms with E-state index in [1.807, 2.05) is 0 Å². The summed E-state index contributed by atoms with van der Waals surface area (Å²) in [5.41, 5.74) is 0. The molecule has 0 bridgehead atoms. The molecular formula is C16H31O3. The zero-order valence-corrected chi connectivity index (χ0v) is 12.6. The van der Waals surface area contributed by atoms with Crippen LogP contribution in [0.2, 0.25) is 0 Å². The summed E-state index contributed by atoms with van der Waals surface area (Å²) in [4.78, 5) is 9.98. The molecule has 113 valence electrons. The highest BCUT2D eigenvalue weighted by molar-refractivity contribution is 5.56. The van der Waals surface area contributed by atoms with Gasteiger partial charge in [0.15, 0.2) is 0 Å². The van der Waals surface area contributed by atoms with Gasteiger partial charge < -0.3 is 4.74 Å². The molecule has 0 spiro atoms. The Bertz CT molecular complexity index is 192. The van der Waals surface area contributed by atoms with E-state index >= 15 is 0 Å². The molecule has 0 aliphatic heterocycles. The van der Waals surface area contributed by atoms with Crippen LogP contribution in [0.15, 0.2) is 0 Å². The van der Waals surface area contributed by atoms with Crippen molar-refractivity contribution < 1.29 is 14.6 Å². The molecular weight excluding hydrogens is 240 g/mol. The highest BCUT2D eigenvalue weighted by Crippen LogP contribution is 2.12. The quantitative estimate of drug-likeness (QED) is 0.303. The highest BCUT2D eigenvalue weighted by Gasteiger charge is 1.98. The second-order valence-electron chi connectivity index (χ2n) is 5.34. The standard InChI is InChI=1S/C16H31O3/c1-2-3-4-5-6-7-8-9-10-11-12-13-14-15-19-16(17)18/h2-15H2,1H3. The summed E-state index contributed by atoms with van der Waals surface area (Å²) in [6.45, 7) is 2.55. The van der Waals surface area contributed by atoms with Gasteiger partial charge in [0.05, 0.1) is 6.61 Å². The van der Waals surface area contributed by atoms with Crippen LogP contribution in [0.4, 0.5) is 4.79 Å². The Morgan fingerprint density at radius 3 is 1.42 bits per heavy atom. The third kappa shape index (κ3) is 17.3. The van der Waals surface area contributed by atoms with E-state index in [2.05, 4.69) is 11.7 Å². The van der Waals surface area contributed by atoms with E-state index in [1.54, 1.807) is 0 Å². The molecule has 0 unspecified atom stereocenters. The number of hydrogen-bond acceptors (Lipinski definition) is 2. The molecule has 0 atom stereocenters. The Morgan fingerprint density at radius 1 is 0.684 bits per heavy atom. The highest BCUT2D eigenvalue weighted by atomic mass is 16.7. The van der Waals surface area contributed by atoms with Crippen molar-refractivity contribution in [1.82, 2.24) is 0 Å². The summed E-state index contributed by atoms with van der Waals surface area (Å²) in [6.07, 6.45) is 15.3. The molecule has 1 radical (unpaired) electrons. The van der Waals surface area contributed by atoms with Crippen molar-refractivity contribution >= 4 is 6.16 Å². The third-order valence-corrected chi connectivity index (χ3v) is 3.47. The van der Waals surface area contributed by atoms with Crippen LogP contribution in [0.1, 0.15) is 90.4 Å². The molecule has 0 amide bonds. The van der Waals surface area contributed by atoms with Gasteiger partial charge in [-0.25, -0.2) is 0 Å². The maximum atomic E-state index is 9.98. The topological polar surface area (TPSA) is 46.2 Å². The lowest BCUT2D eigenvalue weighted by molar-refractivity contribution is 0.0664. The third-order valence-electron chi connectivity index (χ3n) is 3.47. The van der Waals surface area contributed by atoms with Gasteiger partial charge in [0.2, 0.25) is 0 Å². The predicted octanol–water partition coefficient (Wildman–Crippen LogP) is 5.64. The molecule has 0 aromatic carbocycles. The fourth-order valence-corrected chi connectivity index (χ4v) is 2.28. The Kier molecular flexibility index (Phi) is 14.7. The molecule has 0 aliphatic rings. The molecule has 0 aliphatic carbocycles. The van der Waals surface area contributed by atoms with Gasteiger partial charge in [-0.3, -0.25) is 0 Å². The number of carbonyl (C=O) groups is 1. The maximum Gasteiger partial charge on any atom is 0.549 e. The van der Waals surface area contributed by atoms with Crippen molar-refractivity contribution in [2.75, 3.05) is 6.61 Å². The van der Waals surface area contributed by atoms with Crippen LogP contribution >= 0.6 is 0 Å². The van der Waals surface area contributed by atoms with Gasteiger partial charge in [-0.05, 0) is 6.42 Å². The van der Waals surface area contributed by atoms with Crippen LogP contribution in [0.25, 0.3) is 0 Å². The van der Waals surface area contributed by atoms with E-state index in [0.717, 1.165) is 12.8 Å². The first-order chi connectivity index (χ1) is 9.27. The summed E-state index contributed by atoms with van der Waals surface area (Å²) in [5.74, 6) is 0. The summed E-state index contributed by atoms with van der Waals surface area (Å²) < 4.78 is 4.35. The lowest BCUT2D eigenvalue weighted by Crippen LogP contribution is -1.99. The van der Waals surface area contributed by atoms with E-state index in [-0.39, 0.29) is 0 Å². The van der Waals surface area contributed by atoms with Crippen LogP contribution in [-0.4, -0.2) is 12.8 Å². The molecule has 3 heteroatoms. The van der Waals surface area contributed by atoms with E-state index in [9.17, 15) is 9.90 Å². The number of hydrogen-bond donors (Lipinski definition) is 0. The summed E-state index contributed by atoms with van der Waals surface area (Å²) in [5, 5.41) is 9.98.